The van der Waals surface area contributed by atoms with Crippen molar-refractivity contribution in [2.24, 2.45) is 0 Å². The van der Waals surface area contributed by atoms with Gasteiger partial charge in [-0.05, 0) is 35.2 Å². The third kappa shape index (κ3) is 3.89. The third-order valence-corrected chi connectivity index (χ3v) is 5.74. The van der Waals surface area contributed by atoms with Crippen molar-refractivity contribution in [2.75, 3.05) is 21.8 Å². The Morgan fingerprint density at radius 2 is 1.92 bits per heavy atom. The van der Waals surface area contributed by atoms with Gasteiger partial charge in [0.05, 0.1) is 5.75 Å². The van der Waals surface area contributed by atoms with Gasteiger partial charge < -0.3 is 5.32 Å². The third-order valence-electron chi connectivity index (χ3n) is 4.29. The van der Waals surface area contributed by atoms with Crippen LogP contribution in [0.1, 0.15) is 36.3 Å². The van der Waals surface area contributed by atoms with Crippen LogP contribution in [0.5, 0.6) is 0 Å². The van der Waals surface area contributed by atoms with Crippen molar-refractivity contribution in [1.29, 1.82) is 0 Å². The number of rotatable bonds is 5. The van der Waals surface area contributed by atoms with Crippen LogP contribution < -0.4 is 10.2 Å². The largest absolute Gasteiger partial charge is 0.325 e. The summed E-state index contributed by atoms with van der Waals surface area (Å²) in [5.74, 6) is 0.597. The Balaban J connectivity index is 1.90. The first-order valence-corrected chi connectivity index (χ1v) is 10.1. The molecule has 2 aromatic rings. The number of carbonyl (C=O) groups is 2. The molecule has 1 N–H and O–H groups in total. The summed E-state index contributed by atoms with van der Waals surface area (Å²) in [7, 11) is 0. The Bertz CT molecular complexity index is 808. The number of benzene rings is 2. The number of para-hydroxylation sites is 1. The molecule has 1 atom stereocenters. The molecule has 1 aliphatic rings. The standard InChI is InChI=1S/C20H21ClN2O2S/c1-13(2)16-5-3-4-6-17(16)23-19(25)12-26-20(23)14-7-9-15(10-8-14)22-18(24)11-21/h3-10,13,20H,11-12H2,1-2H3,(H,22,24). The molecule has 4 nitrogen and oxygen atoms in total. The zero-order valence-corrected chi connectivity index (χ0v) is 16.3. The summed E-state index contributed by atoms with van der Waals surface area (Å²) in [6, 6.07) is 15.7. The number of nitrogens with zero attached hydrogens (tertiary/aromatic N) is 1. The molecule has 0 saturated carbocycles. The molecule has 26 heavy (non-hydrogen) atoms. The zero-order valence-electron chi connectivity index (χ0n) is 14.7. The molecule has 136 valence electrons. The lowest BCUT2D eigenvalue weighted by atomic mass is 10.00. The smallest absolute Gasteiger partial charge is 0.239 e. The molecule has 2 amide bonds. The average molecular weight is 389 g/mol. The summed E-state index contributed by atoms with van der Waals surface area (Å²) in [5.41, 5.74) is 3.87. The summed E-state index contributed by atoms with van der Waals surface area (Å²) in [4.78, 5) is 25.9. The van der Waals surface area contributed by atoms with E-state index in [1.807, 2.05) is 47.4 Å². The number of alkyl halides is 1. The van der Waals surface area contributed by atoms with Gasteiger partial charge >= 0.3 is 0 Å². The van der Waals surface area contributed by atoms with Crippen LogP contribution in [0.15, 0.2) is 48.5 Å². The molecule has 2 aromatic carbocycles. The highest BCUT2D eigenvalue weighted by Crippen LogP contribution is 2.44. The van der Waals surface area contributed by atoms with Gasteiger partial charge in [-0.25, -0.2) is 0 Å². The van der Waals surface area contributed by atoms with Crippen molar-refractivity contribution >= 4 is 46.6 Å². The van der Waals surface area contributed by atoms with E-state index in [2.05, 4.69) is 25.2 Å². The highest BCUT2D eigenvalue weighted by atomic mass is 35.5. The number of nitrogens with one attached hydrogen (secondary N) is 1. The molecule has 0 radical (unpaired) electrons. The average Bonchev–Trinajstić information content (AvgIpc) is 3.03. The van der Waals surface area contributed by atoms with Crippen LogP contribution in [0.3, 0.4) is 0 Å². The summed E-state index contributed by atoms with van der Waals surface area (Å²) in [6.07, 6.45) is 0. The highest BCUT2D eigenvalue weighted by molar-refractivity contribution is 8.00. The van der Waals surface area contributed by atoms with Crippen LogP contribution in [0.4, 0.5) is 11.4 Å². The molecule has 3 rings (SSSR count). The van der Waals surface area contributed by atoms with E-state index < -0.39 is 0 Å². The number of anilines is 2. The fourth-order valence-electron chi connectivity index (χ4n) is 3.05. The molecule has 1 fully saturated rings. The normalized spacial score (nSPS) is 17.0. The Hall–Kier alpha value is -1.98. The first-order valence-electron chi connectivity index (χ1n) is 8.49. The maximum absolute atomic E-state index is 12.6. The van der Waals surface area contributed by atoms with Gasteiger partial charge in [-0.1, -0.05) is 44.2 Å². The molecule has 1 heterocycles. The van der Waals surface area contributed by atoms with E-state index in [-0.39, 0.29) is 23.1 Å². The Labute approximate surface area is 162 Å². The molecule has 0 bridgehead atoms. The van der Waals surface area contributed by atoms with Crippen LogP contribution in [-0.2, 0) is 9.59 Å². The van der Waals surface area contributed by atoms with Crippen molar-refractivity contribution in [2.45, 2.75) is 25.1 Å². The molecular formula is C20H21ClN2O2S. The first-order chi connectivity index (χ1) is 12.5. The lowest BCUT2D eigenvalue weighted by Crippen LogP contribution is -2.29. The van der Waals surface area contributed by atoms with Crippen molar-refractivity contribution in [3.8, 4) is 0 Å². The number of carbonyl (C=O) groups excluding carboxylic acids is 2. The van der Waals surface area contributed by atoms with Crippen LogP contribution in [0.25, 0.3) is 0 Å². The van der Waals surface area contributed by atoms with Crippen molar-refractivity contribution < 1.29 is 9.59 Å². The van der Waals surface area contributed by atoms with Gasteiger partial charge in [-0.15, -0.1) is 23.4 Å². The minimum atomic E-state index is -0.239. The molecule has 0 aliphatic carbocycles. The van der Waals surface area contributed by atoms with E-state index in [9.17, 15) is 9.59 Å². The van der Waals surface area contributed by atoms with Crippen molar-refractivity contribution in [3.05, 3.63) is 59.7 Å². The van der Waals surface area contributed by atoms with Crippen molar-refractivity contribution in [1.82, 2.24) is 0 Å². The van der Waals surface area contributed by atoms with Gasteiger partial charge in [-0.3, -0.25) is 14.5 Å². The fourth-order valence-corrected chi connectivity index (χ4v) is 4.29. The van der Waals surface area contributed by atoms with Gasteiger partial charge in [0.15, 0.2) is 0 Å². The van der Waals surface area contributed by atoms with E-state index in [1.54, 1.807) is 11.8 Å². The minimum absolute atomic E-state index is 0.0693. The Morgan fingerprint density at radius 3 is 2.58 bits per heavy atom. The molecule has 6 heteroatoms. The Morgan fingerprint density at radius 1 is 1.23 bits per heavy atom. The van der Waals surface area contributed by atoms with Crippen molar-refractivity contribution in [3.63, 3.8) is 0 Å². The Kier molecular flexibility index (Phi) is 5.89. The van der Waals surface area contributed by atoms with E-state index in [0.717, 1.165) is 11.3 Å². The van der Waals surface area contributed by atoms with Gasteiger partial charge in [0.1, 0.15) is 11.3 Å². The second kappa shape index (κ2) is 8.14. The fraction of sp³-hybridized carbons (Fsp3) is 0.300. The predicted molar refractivity (Wildman–Crippen MR) is 109 cm³/mol. The number of hydrogen-bond acceptors (Lipinski definition) is 3. The maximum atomic E-state index is 12.6. The second-order valence-corrected chi connectivity index (χ2v) is 7.78. The molecule has 1 aliphatic heterocycles. The van der Waals surface area contributed by atoms with Crippen LogP contribution >= 0.6 is 23.4 Å². The number of hydrogen-bond donors (Lipinski definition) is 1. The van der Waals surface area contributed by atoms with E-state index in [4.69, 9.17) is 11.6 Å². The van der Waals surface area contributed by atoms with E-state index in [1.165, 1.54) is 5.56 Å². The van der Waals surface area contributed by atoms with Gasteiger partial charge in [0.25, 0.3) is 0 Å². The van der Waals surface area contributed by atoms with E-state index in [0.29, 0.717) is 17.4 Å². The quantitative estimate of drug-likeness (QED) is 0.751. The predicted octanol–water partition coefficient (Wildman–Crippen LogP) is 4.77. The summed E-state index contributed by atoms with van der Waals surface area (Å²) in [5, 5.41) is 2.66. The lowest BCUT2D eigenvalue weighted by Gasteiger charge is -2.27. The summed E-state index contributed by atoms with van der Waals surface area (Å²) >= 11 is 7.14. The second-order valence-electron chi connectivity index (χ2n) is 6.44. The van der Waals surface area contributed by atoms with E-state index >= 15 is 0 Å². The van der Waals surface area contributed by atoms with Crippen LogP contribution in [-0.4, -0.2) is 23.4 Å². The lowest BCUT2D eigenvalue weighted by molar-refractivity contribution is -0.116. The van der Waals surface area contributed by atoms with Gasteiger partial charge in [-0.2, -0.15) is 0 Å². The highest BCUT2D eigenvalue weighted by Gasteiger charge is 2.35. The number of thioether (sulfide) groups is 1. The maximum Gasteiger partial charge on any atom is 0.239 e. The topological polar surface area (TPSA) is 49.4 Å². The van der Waals surface area contributed by atoms with Gasteiger partial charge in [0, 0.05) is 11.4 Å². The van der Waals surface area contributed by atoms with Crippen LogP contribution in [0, 0.1) is 0 Å². The number of amides is 2. The zero-order chi connectivity index (χ0) is 18.7. The monoisotopic (exact) mass is 388 g/mol. The summed E-state index contributed by atoms with van der Waals surface area (Å²) in [6.45, 7) is 4.27. The SMILES string of the molecule is CC(C)c1ccccc1N1C(=O)CSC1c1ccc(NC(=O)CCl)cc1. The molecule has 1 unspecified atom stereocenters. The van der Waals surface area contributed by atoms with Gasteiger partial charge in [0.2, 0.25) is 11.8 Å². The molecule has 0 aromatic heterocycles. The van der Waals surface area contributed by atoms with Crippen LogP contribution in [0.2, 0.25) is 0 Å². The minimum Gasteiger partial charge on any atom is -0.325 e. The molecule has 0 spiro atoms. The molecule has 1 saturated heterocycles. The first kappa shape index (κ1) is 18.8. The number of halogens is 1. The summed E-state index contributed by atoms with van der Waals surface area (Å²) < 4.78 is 0. The molecular weight excluding hydrogens is 368 g/mol.